The molecule has 0 spiro atoms. The minimum absolute atomic E-state index is 0.275. The van der Waals surface area contributed by atoms with E-state index in [1.165, 1.54) is 7.11 Å². The smallest absolute Gasteiger partial charge is 0.328 e. The van der Waals surface area contributed by atoms with Crippen molar-refractivity contribution < 1.29 is 14.3 Å². The molecule has 0 aliphatic carbocycles. The van der Waals surface area contributed by atoms with Crippen LogP contribution in [0.25, 0.3) is 10.9 Å². The Morgan fingerprint density at radius 3 is 2.62 bits per heavy atom. The third-order valence-electron chi connectivity index (χ3n) is 3.27. The molecule has 5 heteroatoms. The highest BCUT2D eigenvalue weighted by Crippen LogP contribution is 2.15. The third-order valence-corrected chi connectivity index (χ3v) is 3.27. The maximum absolute atomic E-state index is 12.3. The van der Waals surface area contributed by atoms with Crippen LogP contribution >= 0.6 is 0 Å². The standard InChI is InChI=1S/C16H20N2O3/c1-10(2)8-14(16(20)21-3)18-15(19)13-9-11-6-4-5-7-12(11)17-13/h4-7,9-10,14,17H,8H2,1-3H3,(H,18,19)/t14-/m0/s1. The van der Waals surface area contributed by atoms with Crippen molar-refractivity contribution >= 4 is 22.8 Å². The fraction of sp³-hybridized carbons (Fsp3) is 0.375. The summed E-state index contributed by atoms with van der Waals surface area (Å²) in [5, 5.41) is 3.69. The summed E-state index contributed by atoms with van der Waals surface area (Å²) in [6.45, 7) is 3.98. The second-order valence-electron chi connectivity index (χ2n) is 5.45. The first-order chi connectivity index (χ1) is 10.0. The first-order valence-corrected chi connectivity index (χ1v) is 6.97. The second kappa shape index (κ2) is 6.43. The Hall–Kier alpha value is -2.30. The number of aromatic nitrogens is 1. The van der Waals surface area contributed by atoms with E-state index in [9.17, 15) is 9.59 Å². The van der Waals surface area contributed by atoms with Gasteiger partial charge in [-0.2, -0.15) is 0 Å². The molecule has 1 heterocycles. The highest BCUT2D eigenvalue weighted by molar-refractivity contribution is 5.99. The molecule has 0 saturated heterocycles. The van der Waals surface area contributed by atoms with Gasteiger partial charge >= 0.3 is 5.97 Å². The molecule has 112 valence electrons. The van der Waals surface area contributed by atoms with E-state index < -0.39 is 12.0 Å². The maximum atomic E-state index is 12.3. The van der Waals surface area contributed by atoms with Crippen molar-refractivity contribution in [3.05, 3.63) is 36.0 Å². The average Bonchev–Trinajstić information content (AvgIpc) is 2.89. The molecule has 0 unspecified atom stereocenters. The Labute approximate surface area is 123 Å². The summed E-state index contributed by atoms with van der Waals surface area (Å²) in [7, 11) is 1.32. The Morgan fingerprint density at radius 2 is 2.00 bits per heavy atom. The van der Waals surface area contributed by atoms with Gasteiger partial charge in [-0.25, -0.2) is 4.79 Å². The number of esters is 1. The zero-order valence-corrected chi connectivity index (χ0v) is 12.5. The third kappa shape index (κ3) is 3.62. The monoisotopic (exact) mass is 288 g/mol. The highest BCUT2D eigenvalue weighted by atomic mass is 16.5. The van der Waals surface area contributed by atoms with Crippen LogP contribution in [0.4, 0.5) is 0 Å². The van der Waals surface area contributed by atoms with Crippen molar-refractivity contribution in [1.29, 1.82) is 0 Å². The number of H-pyrrole nitrogens is 1. The van der Waals surface area contributed by atoms with Crippen LogP contribution in [0, 0.1) is 5.92 Å². The number of hydrogen-bond acceptors (Lipinski definition) is 3. The summed E-state index contributed by atoms with van der Waals surface area (Å²) in [5.41, 5.74) is 1.33. The van der Waals surface area contributed by atoms with Gasteiger partial charge in [-0.15, -0.1) is 0 Å². The normalized spacial score (nSPS) is 12.4. The molecule has 0 fully saturated rings. The van der Waals surface area contributed by atoms with Crippen LogP contribution in [-0.4, -0.2) is 30.0 Å². The van der Waals surface area contributed by atoms with Crippen molar-refractivity contribution in [3.8, 4) is 0 Å². The fourth-order valence-electron chi connectivity index (χ4n) is 2.26. The van der Waals surface area contributed by atoms with Gasteiger partial charge in [0.05, 0.1) is 7.11 Å². The number of fused-ring (bicyclic) bond motifs is 1. The predicted octanol–water partition coefficient (Wildman–Crippen LogP) is 2.49. The minimum Gasteiger partial charge on any atom is -0.467 e. The Kier molecular flexibility index (Phi) is 4.62. The van der Waals surface area contributed by atoms with Crippen LogP contribution < -0.4 is 5.32 Å². The van der Waals surface area contributed by atoms with E-state index in [0.29, 0.717) is 12.1 Å². The van der Waals surface area contributed by atoms with Gasteiger partial charge in [0, 0.05) is 10.9 Å². The molecule has 5 nitrogen and oxygen atoms in total. The maximum Gasteiger partial charge on any atom is 0.328 e. The summed E-state index contributed by atoms with van der Waals surface area (Å²) in [6.07, 6.45) is 0.540. The van der Waals surface area contributed by atoms with Gasteiger partial charge in [-0.05, 0) is 24.5 Å². The molecule has 1 amide bonds. The SMILES string of the molecule is COC(=O)[C@H](CC(C)C)NC(=O)c1cc2ccccc2[nH]1. The minimum atomic E-state index is -0.631. The Morgan fingerprint density at radius 1 is 1.29 bits per heavy atom. The van der Waals surface area contributed by atoms with E-state index in [1.807, 2.05) is 38.1 Å². The lowest BCUT2D eigenvalue weighted by atomic mass is 10.0. The molecule has 2 aromatic rings. The van der Waals surface area contributed by atoms with Crippen LogP contribution in [-0.2, 0) is 9.53 Å². The number of nitrogens with one attached hydrogen (secondary N) is 2. The predicted molar refractivity (Wildman–Crippen MR) is 81.0 cm³/mol. The molecule has 21 heavy (non-hydrogen) atoms. The molecule has 0 saturated carbocycles. The van der Waals surface area contributed by atoms with Gasteiger partial charge in [0.2, 0.25) is 0 Å². The van der Waals surface area contributed by atoms with Gasteiger partial charge in [-0.3, -0.25) is 4.79 Å². The summed E-state index contributed by atoms with van der Waals surface area (Å²) in [6, 6.07) is 8.78. The van der Waals surface area contributed by atoms with E-state index >= 15 is 0 Å². The molecular formula is C16H20N2O3. The lowest BCUT2D eigenvalue weighted by Crippen LogP contribution is -2.42. The summed E-state index contributed by atoms with van der Waals surface area (Å²) < 4.78 is 4.75. The topological polar surface area (TPSA) is 71.2 Å². The lowest BCUT2D eigenvalue weighted by molar-refractivity contribution is -0.143. The van der Waals surface area contributed by atoms with Crippen LogP contribution in [0.5, 0.6) is 0 Å². The van der Waals surface area contributed by atoms with Crippen molar-refractivity contribution in [2.24, 2.45) is 5.92 Å². The highest BCUT2D eigenvalue weighted by Gasteiger charge is 2.23. The van der Waals surface area contributed by atoms with Crippen LogP contribution in [0.1, 0.15) is 30.8 Å². The molecule has 2 rings (SSSR count). The summed E-state index contributed by atoms with van der Waals surface area (Å²) in [5.74, 6) is -0.451. The molecule has 0 radical (unpaired) electrons. The van der Waals surface area contributed by atoms with Gasteiger partial charge in [-0.1, -0.05) is 32.0 Å². The van der Waals surface area contributed by atoms with Gasteiger partial charge in [0.25, 0.3) is 5.91 Å². The Bertz CT molecular complexity index is 613. The Balaban J connectivity index is 2.15. The molecule has 0 aliphatic heterocycles. The quantitative estimate of drug-likeness (QED) is 0.830. The van der Waals surface area contributed by atoms with Crippen molar-refractivity contribution in [2.45, 2.75) is 26.3 Å². The van der Waals surface area contributed by atoms with Crippen LogP contribution in [0.15, 0.2) is 30.3 Å². The molecule has 0 bridgehead atoms. The number of aromatic amines is 1. The number of ether oxygens (including phenoxy) is 1. The molecule has 1 aromatic carbocycles. The van der Waals surface area contributed by atoms with Crippen LogP contribution in [0.3, 0.4) is 0 Å². The number of hydrogen-bond donors (Lipinski definition) is 2. The fourth-order valence-corrected chi connectivity index (χ4v) is 2.26. The van der Waals surface area contributed by atoms with E-state index in [-0.39, 0.29) is 11.8 Å². The van der Waals surface area contributed by atoms with Gasteiger partial charge in [0.1, 0.15) is 11.7 Å². The van der Waals surface area contributed by atoms with E-state index in [0.717, 1.165) is 10.9 Å². The van der Waals surface area contributed by atoms with E-state index in [4.69, 9.17) is 4.74 Å². The molecule has 0 aliphatic rings. The van der Waals surface area contributed by atoms with Crippen molar-refractivity contribution in [1.82, 2.24) is 10.3 Å². The number of carbonyl (C=O) groups excluding carboxylic acids is 2. The van der Waals surface area contributed by atoms with Crippen LogP contribution in [0.2, 0.25) is 0 Å². The first-order valence-electron chi connectivity index (χ1n) is 6.97. The number of benzene rings is 1. The number of rotatable bonds is 5. The summed E-state index contributed by atoms with van der Waals surface area (Å²) >= 11 is 0. The summed E-state index contributed by atoms with van der Waals surface area (Å²) in [4.78, 5) is 27.1. The van der Waals surface area contributed by atoms with Gasteiger partial charge < -0.3 is 15.0 Å². The zero-order chi connectivity index (χ0) is 15.4. The lowest BCUT2D eigenvalue weighted by Gasteiger charge is -2.17. The second-order valence-corrected chi connectivity index (χ2v) is 5.45. The first kappa shape index (κ1) is 15.1. The van der Waals surface area contributed by atoms with E-state index in [2.05, 4.69) is 10.3 Å². The number of amides is 1. The number of para-hydroxylation sites is 1. The van der Waals surface area contributed by atoms with Crippen molar-refractivity contribution in [2.75, 3.05) is 7.11 Å². The van der Waals surface area contributed by atoms with Crippen molar-refractivity contribution in [3.63, 3.8) is 0 Å². The zero-order valence-electron chi connectivity index (χ0n) is 12.5. The van der Waals surface area contributed by atoms with Gasteiger partial charge in [0.15, 0.2) is 0 Å². The largest absolute Gasteiger partial charge is 0.467 e. The molecular weight excluding hydrogens is 268 g/mol. The average molecular weight is 288 g/mol. The van der Waals surface area contributed by atoms with E-state index in [1.54, 1.807) is 6.07 Å². The number of methoxy groups -OCH3 is 1. The molecule has 2 N–H and O–H groups in total. The number of carbonyl (C=O) groups is 2. The molecule has 1 atom stereocenters. The molecule has 1 aromatic heterocycles.